The van der Waals surface area contributed by atoms with E-state index in [1.165, 1.54) is 0 Å². The minimum atomic E-state index is -0.335. The molecule has 2 aromatic rings. The van der Waals surface area contributed by atoms with Gasteiger partial charge in [-0.05, 0) is 11.5 Å². The minimum Gasteiger partial charge on any atom is -0.369 e. The first-order valence-electron chi connectivity index (χ1n) is 6.84. The molecule has 108 valence electrons. The summed E-state index contributed by atoms with van der Waals surface area (Å²) in [5, 5.41) is 4.01. The average molecular weight is 275 g/mol. The Morgan fingerprint density at radius 1 is 1.30 bits per heavy atom. The lowest BCUT2D eigenvalue weighted by Crippen LogP contribution is -2.19. The van der Waals surface area contributed by atoms with Crippen molar-refractivity contribution in [2.24, 2.45) is 11.7 Å². The van der Waals surface area contributed by atoms with Gasteiger partial charge in [-0.25, -0.2) is 0 Å². The van der Waals surface area contributed by atoms with Crippen LogP contribution in [0.1, 0.15) is 49.7 Å². The van der Waals surface area contributed by atoms with E-state index >= 15 is 0 Å². The molecular weight excluding hydrogens is 254 g/mol. The third kappa shape index (κ3) is 3.05. The Morgan fingerprint density at radius 2 is 2.00 bits per heavy atom. The molecule has 0 radical (unpaired) electrons. The zero-order valence-electron chi connectivity index (χ0n) is 12.1. The van der Waals surface area contributed by atoms with Gasteiger partial charge in [-0.15, -0.1) is 0 Å². The fourth-order valence-electron chi connectivity index (χ4n) is 2.00. The van der Waals surface area contributed by atoms with Gasteiger partial charge >= 0.3 is 0 Å². The molecule has 20 heavy (non-hydrogen) atoms. The number of rotatable bonds is 6. The first-order valence-corrected chi connectivity index (χ1v) is 6.84. The zero-order chi connectivity index (χ0) is 14.5. The third-order valence-electron chi connectivity index (χ3n) is 3.57. The van der Waals surface area contributed by atoms with Crippen LogP contribution >= 0.6 is 0 Å². The van der Waals surface area contributed by atoms with Gasteiger partial charge in [0.15, 0.2) is 0 Å². The van der Waals surface area contributed by atoms with Crippen molar-refractivity contribution in [2.45, 2.75) is 32.4 Å². The number of aromatic nitrogens is 2. The van der Waals surface area contributed by atoms with Crippen molar-refractivity contribution in [3.05, 3.63) is 47.6 Å². The van der Waals surface area contributed by atoms with Crippen LogP contribution in [0, 0.1) is 5.92 Å². The number of ether oxygens (including phenoxy) is 1. The zero-order valence-corrected chi connectivity index (χ0v) is 12.1. The molecular formula is C15H21N3O2. The summed E-state index contributed by atoms with van der Waals surface area (Å²) >= 11 is 0. The number of hydrogen-bond donors (Lipinski definition) is 1. The first-order chi connectivity index (χ1) is 9.67. The summed E-state index contributed by atoms with van der Waals surface area (Å²) in [6.45, 7) is 4.16. The Bertz CT molecular complexity index is 527. The Balaban J connectivity index is 2.23. The van der Waals surface area contributed by atoms with Crippen molar-refractivity contribution in [1.82, 2.24) is 10.1 Å². The molecule has 0 amide bonds. The van der Waals surface area contributed by atoms with Crippen LogP contribution in [0.3, 0.4) is 0 Å². The van der Waals surface area contributed by atoms with Crippen molar-refractivity contribution >= 4 is 0 Å². The van der Waals surface area contributed by atoms with E-state index in [1.807, 2.05) is 30.3 Å². The molecule has 2 rings (SSSR count). The second-order valence-electron chi connectivity index (χ2n) is 4.93. The maximum Gasteiger partial charge on any atom is 0.243 e. The molecule has 0 bridgehead atoms. The quantitative estimate of drug-likeness (QED) is 0.877. The van der Waals surface area contributed by atoms with Crippen molar-refractivity contribution in [1.29, 1.82) is 0 Å². The summed E-state index contributed by atoms with van der Waals surface area (Å²) < 4.78 is 10.8. The van der Waals surface area contributed by atoms with Crippen LogP contribution in [0.2, 0.25) is 0 Å². The lowest BCUT2D eigenvalue weighted by molar-refractivity contribution is 0.126. The first kappa shape index (κ1) is 14.7. The summed E-state index contributed by atoms with van der Waals surface area (Å²) in [4.78, 5) is 4.40. The lowest BCUT2D eigenvalue weighted by Gasteiger charge is -2.13. The van der Waals surface area contributed by atoms with Crippen molar-refractivity contribution in [2.75, 3.05) is 7.11 Å². The maximum absolute atomic E-state index is 6.11. The molecule has 3 atom stereocenters. The van der Waals surface area contributed by atoms with Crippen LogP contribution in [0.25, 0.3) is 0 Å². The number of nitrogens with zero attached hydrogens (tertiary/aromatic N) is 2. The maximum atomic E-state index is 6.11. The van der Waals surface area contributed by atoms with Crippen LogP contribution in [0.5, 0.6) is 0 Å². The molecule has 0 spiro atoms. The van der Waals surface area contributed by atoms with Crippen LogP contribution in [0.4, 0.5) is 0 Å². The summed E-state index contributed by atoms with van der Waals surface area (Å²) in [5.41, 5.74) is 7.09. The van der Waals surface area contributed by atoms with Gasteiger partial charge in [-0.3, -0.25) is 0 Å². The lowest BCUT2D eigenvalue weighted by atomic mass is 10.0. The highest BCUT2D eigenvalue weighted by Gasteiger charge is 2.24. The summed E-state index contributed by atoms with van der Waals surface area (Å²) in [7, 11) is 1.63. The van der Waals surface area contributed by atoms with E-state index < -0.39 is 0 Å². The SMILES string of the molecule is CCC(C)C(N)c1nc(C(OC)c2ccccc2)no1. The topological polar surface area (TPSA) is 74.2 Å². The molecule has 1 heterocycles. The van der Waals surface area contributed by atoms with Crippen molar-refractivity contribution < 1.29 is 9.26 Å². The van der Waals surface area contributed by atoms with E-state index in [1.54, 1.807) is 7.11 Å². The highest BCUT2D eigenvalue weighted by molar-refractivity contribution is 5.22. The highest BCUT2D eigenvalue weighted by Crippen LogP contribution is 2.26. The standard InChI is InChI=1S/C15H21N3O2/c1-4-10(2)12(16)15-17-14(18-20-15)13(19-3)11-8-6-5-7-9-11/h5-10,12-13H,4,16H2,1-3H3. The van der Waals surface area contributed by atoms with E-state index in [4.69, 9.17) is 15.0 Å². The molecule has 5 heteroatoms. The van der Waals surface area contributed by atoms with Gasteiger partial charge in [-0.2, -0.15) is 4.98 Å². The molecule has 0 aliphatic carbocycles. The van der Waals surface area contributed by atoms with Gasteiger partial charge in [0.1, 0.15) is 6.10 Å². The molecule has 5 nitrogen and oxygen atoms in total. The molecule has 2 N–H and O–H groups in total. The van der Waals surface area contributed by atoms with E-state index in [-0.39, 0.29) is 12.1 Å². The van der Waals surface area contributed by atoms with Crippen LogP contribution in [0.15, 0.2) is 34.9 Å². The smallest absolute Gasteiger partial charge is 0.243 e. The number of methoxy groups -OCH3 is 1. The fraction of sp³-hybridized carbons (Fsp3) is 0.467. The minimum absolute atomic E-state index is 0.241. The Hall–Kier alpha value is -1.72. The van der Waals surface area contributed by atoms with Gasteiger partial charge in [0, 0.05) is 7.11 Å². The van der Waals surface area contributed by atoms with Gasteiger partial charge in [0.05, 0.1) is 6.04 Å². The van der Waals surface area contributed by atoms with Gasteiger partial charge in [0.2, 0.25) is 11.7 Å². The Kier molecular flexibility index (Phi) is 4.87. The highest BCUT2D eigenvalue weighted by atomic mass is 16.5. The summed E-state index contributed by atoms with van der Waals surface area (Å²) in [6, 6.07) is 9.56. The van der Waals surface area contributed by atoms with Crippen LogP contribution in [-0.4, -0.2) is 17.3 Å². The molecule has 0 saturated heterocycles. The van der Waals surface area contributed by atoms with Crippen molar-refractivity contribution in [3.63, 3.8) is 0 Å². The third-order valence-corrected chi connectivity index (χ3v) is 3.57. The molecule has 1 aromatic carbocycles. The largest absolute Gasteiger partial charge is 0.369 e. The fourth-order valence-corrected chi connectivity index (χ4v) is 2.00. The predicted molar refractivity (Wildman–Crippen MR) is 76.0 cm³/mol. The van der Waals surface area contributed by atoms with E-state index in [9.17, 15) is 0 Å². The molecule has 0 fully saturated rings. The predicted octanol–water partition coefficient (Wildman–Crippen LogP) is 2.85. The molecule has 0 saturated carbocycles. The van der Waals surface area contributed by atoms with Crippen LogP contribution < -0.4 is 5.73 Å². The van der Waals surface area contributed by atoms with Gasteiger partial charge in [-0.1, -0.05) is 55.8 Å². The van der Waals surface area contributed by atoms with Gasteiger partial charge in [0.25, 0.3) is 0 Å². The molecule has 1 aromatic heterocycles. The second-order valence-corrected chi connectivity index (χ2v) is 4.93. The van der Waals surface area contributed by atoms with Crippen molar-refractivity contribution in [3.8, 4) is 0 Å². The molecule has 0 aliphatic heterocycles. The van der Waals surface area contributed by atoms with E-state index in [0.717, 1.165) is 12.0 Å². The number of benzene rings is 1. The Morgan fingerprint density at radius 3 is 2.60 bits per heavy atom. The van der Waals surface area contributed by atoms with E-state index in [2.05, 4.69) is 24.0 Å². The normalized spacial score (nSPS) is 15.8. The monoisotopic (exact) mass is 275 g/mol. The average Bonchev–Trinajstić information content (AvgIpc) is 2.97. The molecule has 3 unspecified atom stereocenters. The summed E-state index contributed by atoms with van der Waals surface area (Å²) in [6.07, 6.45) is 0.628. The summed E-state index contributed by atoms with van der Waals surface area (Å²) in [5.74, 6) is 1.26. The van der Waals surface area contributed by atoms with Gasteiger partial charge < -0.3 is 15.0 Å². The second kappa shape index (κ2) is 6.63. The Labute approximate surface area is 119 Å². The number of hydrogen-bond acceptors (Lipinski definition) is 5. The number of nitrogens with two attached hydrogens (primary N) is 1. The van der Waals surface area contributed by atoms with E-state index in [0.29, 0.717) is 17.6 Å². The van der Waals surface area contributed by atoms with Crippen LogP contribution in [-0.2, 0) is 4.74 Å². The molecule has 0 aliphatic rings.